The van der Waals surface area contributed by atoms with Crippen LogP contribution in [0.25, 0.3) is 21.9 Å². The van der Waals surface area contributed by atoms with E-state index in [1.807, 2.05) is 36.4 Å². The van der Waals surface area contributed by atoms with Crippen molar-refractivity contribution < 1.29 is 4.42 Å². The lowest BCUT2D eigenvalue weighted by Crippen LogP contribution is -1.90. The zero-order valence-corrected chi connectivity index (χ0v) is 9.33. The van der Waals surface area contributed by atoms with Gasteiger partial charge in [0.25, 0.3) is 0 Å². The number of nitrogens with two attached hydrogens (primary N) is 1. The van der Waals surface area contributed by atoms with Crippen LogP contribution in [0.3, 0.4) is 0 Å². The molecule has 0 atom stereocenters. The van der Waals surface area contributed by atoms with Crippen molar-refractivity contribution in [2.24, 2.45) is 5.73 Å². The van der Waals surface area contributed by atoms with E-state index in [0.29, 0.717) is 12.4 Å². The van der Waals surface area contributed by atoms with Gasteiger partial charge in [-0.1, -0.05) is 12.1 Å². The van der Waals surface area contributed by atoms with E-state index in [4.69, 9.17) is 10.2 Å². The lowest BCUT2D eigenvalue weighted by Gasteiger charge is -1.86. The second-order valence-electron chi connectivity index (χ2n) is 3.46. The first kappa shape index (κ1) is 9.57. The maximum absolute atomic E-state index is 5.67. The number of hydrogen-bond donors (Lipinski definition) is 1. The number of aromatic nitrogens is 1. The van der Waals surface area contributed by atoms with E-state index in [0.717, 1.165) is 20.9 Å². The second-order valence-corrected chi connectivity index (χ2v) is 4.63. The number of oxazole rings is 1. The Kier molecular flexibility index (Phi) is 2.23. The number of fused-ring (bicyclic) bond motifs is 1. The Bertz CT molecular complexity index is 594. The molecular formula is C12H10N2OS. The van der Waals surface area contributed by atoms with E-state index >= 15 is 0 Å². The lowest BCUT2D eigenvalue weighted by molar-refractivity contribution is 0.621. The molecule has 0 fully saturated rings. The average molecular weight is 230 g/mol. The Morgan fingerprint density at radius 2 is 2.06 bits per heavy atom. The topological polar surface area (TPSA) is 52.0 Å². The van der Waals surface area contributed by atoms with Crippen LogP contribution in [-0.2, 0) is 6.54 Å². The summed E-state index contributed by atoms with van der Waals surface area (Å²) in [5.74, 6) is 0.672. The Labute approximate surface area is 96.5 Å². The van der Waals surface area contributed by atoms with Gasteiger partial charge in [-0.2, -0.15) is 0 Å². The molecule has 0 saturated heterocycles. The Morgan fingerprint density at radius 3 is 2.81 bits per heavy atom. The molecule has 0 unspecified atom stereocenters. The van der Waals surface area contributed by atoms with Crippen molar-refractivity contribution in [1.82, 2.24) is 4.98 Å². The van der Waals surface area contributed by atoms with Gasteiger partial charge in [0.1, 0.15) is 5.52 Å². The smallest absolute Gasteiger partial charge is 0.237 e. The van der Waals surface area contributed by atoms with Crippen LogP contribution in [0, 0.1) is 0 Å². The predicted molar refractivity (Wildman–Crippen MR) is 65.2 cm³/mol. The zero-order chi connectivity index (χ0) is 11.0. The minimum absolute atomic E-state index is 0.560. The van der Waals surface area contributed by atoms with E-state index in [2.05, 4.69) is 4.98 Å². The molecule has 0 spiro atoms. The van der Waals surface area contributed by atoms with E-state index < -0.39 is 0 Å². The third-order valence-electron chi connectivity index (χ3n) is 2.37. The molecule has 1 aromatic carbocycles. The van der Waals surface area contributed by atoms with Gasteiger partial charge in [0.15, 0.2) is 5.58 Å². The lowest BCUT2D eigenvalue weighted by atomic mass is 10.3. The molecule has 2 N–H and O–H groups in total. The molecule has 0 aliphatic heterocycles. The highest BCUT2D eigenvalue weighted by molar-refractivity contribution is 7.15. The van der Waals surface area contributed by atoms with Gasteiger partial charge in [-0.05, 0) is 24.3 Å². The van der Waals surface area contributed by atoms with Gasteiger partial charge in [-0.25, -0.2) is 4.98 Å². The first-order chi connectivity index (χ1) is 7.86. The molecule has 80 valence electrons. The number of nitrogens with zero attached hydrogens (tertiary/aromatic N) is 1. The summed E-state index contributed by atoms with van der Waals surface area (Å²) in [6, 6.07) is 11.8. The van der Waals surface area contributed by atoms with Crippen LogP contribution in [0.4, 0.5) is 0 Å². The third kappa shape index (κ3) is 1.52. The molecule has 0 radical (unpaired) electrons. The Balaban J connectivity index is 2.11. The van der Waals surface area contributed by atoms with Crippen LogP contribution < -0.4 is 5.73 Å². The summed E-state index contributed by atoms with van der Waals surface area (Å²) in [7, 11) is 0. The normalized spacial score (nSPS) is 11.1. The van der Waals surface area contributed by atoms with Gasteiger partial charge in [0, 0.05) is 11.4 Å². The van der Waals surface area contributed by atoms with E-state index in [-0.39, 0.29) is 0 Å². The van der Waals surface area contributed by atoms with E-state index in [9.17, 15) is 0 Å². The summed E-state index contributed by atoms with van der Waals surface area (Å²) in [6.45, 7) is 0.560. The molecule has 16 heavy (non-hydrogen) atoms. The highest BCUT2D eigenvalue weighted by atomic mass is 32.1. The van der Waals surface area contributed by atoms with E-state index in [1.54, 1.807) is 11.3 Å². The van der Waals surface area contributed by atoms with Crippen molar-refractivity contribution in [3.05, 3.63) is 41.3 Å². The Morgan fingerprint density at radius 1 is 1.19 bits per heavy atom. The van der Waals surface area contributed by atoms with Crippen LogP contribution in [0.2, 0.25) is 0 Å². The molecule has 3 nitrogen and oxygen atoms in total. The number of hydrogen-bond acceptors (Lipinski definition) is 4. The summed E-state index contributed by atoms with van der Waals surface area (Å²) in [5.41, 5.74) is 7.28. The summed E-state index contributed by atoms with van der Waals surface area (Å²) in [5, 5.41) is 0. The van der Waals surface area contributed by atoms with Gasteiger partial charge in [-0.15, -0.1) is 11.3 Å². The third-order valence-corrected chi connectivity index (χ3v) is 3.46. The quantitative estimate of drug-likeness (QED) is 0.736. The Hall–Kier alpha value is -1.65. The fourth-order valence-corrected chi connectivity index (χ4v) is 2.39. The number of benzene rings is 1. The fourth-order valence-electron chi connectivity index (χ4n) is 1.58. The van der Waals surface area contributed by atoms with E-state index in [1.165, 1.54) is 0 Å². The molecule has 0 amide bonds. The summed E-state index contributed by atoms with van der Waals surface area (Å²) in [6.07, 6.45) is 0. The van der Waals surface area contributed by atoms with Gasteiger partial charge < -0.3 is 10.2 Å². The van der Waals surface area contributed by atoms with Crippen LogP contribution >= 0.6 is 11.3 Å². The van der Waals surface area contributed by atoms with Crippen molar-refractivity contribution in [3.8, 4) is 10.8 Å². The molecule has 0 bridgehead atoms. The molecule has 0 aliphatic rings. The maximum atomic E-state index is 5.67. The first-order valence-electron chi connectivity index (χ1n) is 5.01. The SMILES string of the molecule is NCc1ccc(-c2nc3ccccc3o2)s1. The van der Waals surface area contributed by atoms with Crippen LogP contribution in [0.5, 0.6) is 0 Å². The number of rotatable bonds is 2. The van der Waals surface area contributed by atoms with Crippen molar-refractivity contribution >= 4 is 22.4 Å². The second kappa shape index (κ2) is 3.73. The minimum Gasteiger partial charge on any atom is -0.435 e. The van der Waals surface area contributed by atoms with Gasteiger partial charge in [-0.3, -0.25) is 0 Å². The monoisotopic (exact) mass is 230 g/mol. The zero-order valence-electron chi connectivity index (χ0n) is 8.51. The van der Waals surface area contributed by atoms with Gasteiger partial charge >= 0.3 is 0 Å². The average Bonchev–Trinajstić information content (AvgIpc) is 2.95. The standard InChI is InChI=1S/C12H10N2OS/c13-7-8-5-6-11(16-8)12-14-9-3-1-2-4-10(9)15-12/h1-6H,7,13H2. The van der Waals surface area contributed by atoms with Crippen molar-refractivity contribution in [2.75, 3.05) is 0 Å². The molecule has 3 aromatic rings. The maximum Gasteiger partial charge on any atom is 0.237 e. The highest BCUT2D eigenvalue weighted by Gasteiger charge is 2.09. The van der Waals surface area contributed by atoms with Gasteiger partial charge in [0.2, 0.25) is 5.89 Å². The molecule has 0 aliphatic carbocycles. The molecule has 4 heteroatoms. The molecule has 2 aromatic heterocycles. The molecular weight excluding hydrogens is 220 g/mol. The molecule has 2 heterocycles. The molecule has 3 rings (SSSR count). The van der Waals surface area contributed by atoms with Crippen LogP contribution in [0.1, 0.15) is 4.88 Å². The first-order valence-corrected chi connectivity index (χ1v) is 5.83. The summed E-state index contributed by atoms with van der Waals surface area (Å²) >= 11 is 1.62. The van der Waals surface area contributed by atoms with Crippen molar-refractivity contribution in [3.63, 3.8) is 0 Å². The summed E-state index contributed by atoms with van der Waals surface area (Å²) < 4.78 is 5.67. The van der Waals surface area contributed by atoms with Crippen LogP contribution in [-0.4, -0.2) is 4.98 Å². The number of thiophene rings is 1. The minimum atomic E-state index is 0.560. The van der Waals surface area contributed by atoms with Crippen LogP contribution in [0.15, 0.2) is 40.8 Å². The van der Waals surface area contributed by atoms with Crippen molar-refractivity contribution in [2.45, 2.75) is 6.54 Å². The fraction of sp³-hybridized carbons (Fsp3) is 0.0833. The number of para-hydroxylation sites is 2. The van der Waals surface area contributed by atoms with Crippen molar-refractivity contribution in [1.29, 1.82) is 0 Å². The summed E-state index contributed by atoms with van der Waals surface area (Å²) in [4.78, 5) is 6.59. The predicted octanol–water partition coefficient (Wildman–Crippen LogP) is 3.02. The largest absolute Gasteiger partial charge is 0.435 e. The molecule has 0 saturated carbocycles. The van der Waals surface area contributed by atoms with Gasteiger partial charge in [0.05, 0.1) is 4.88 Å². The highest BCUT2D eigenvalue weighted by Crippen LogP contribution is 2.29.